The van der Waals surface area contributed by atoms with E-state index in [1.807, 2.05) is 72.8 Å². The van der Waals surface area contributed by atoms with Crippen LogP contribution < -0.4 is 14.9 Å². The number of hydrogen-bond donors (Lipinski definition) is 1. The smallest absolute Gasteiger partial charge is 0.277 e. The van der Waals surface area contributed by atoms with Crippen molar-refractivity contribution in [1.82, 2.24) is 5.43 Å². The molecule has 1 N–H and O–H groups in total. The second kappa shape index (κ2) is 8.97. The van der Waals surface area contributed by atoms with Crippen molar-refractivity contribution in [3.8, 4) is 11.5 Å². The molecule has 30 heavy (non-hydrogen) atoms. The van der Waals surface area contributed by atoms with Crippen LogP contribution in [0.4, 0.5) is 0 Å². The van der Waals surface area contributed by atoms with Crippen LogP contribution in [0, 0.1) is 0 Å². The van der Waals surface area contributed by atoms with Gasteiger partial charge in [-0.3, -0.25) is 4.79 Å². The van der Waals surface area contributed by atoms with Crippen LogP contribution in [0.25, 0.3) is 21.5 Å². The first-order chi connectivity index (χ1) is 14.7. The molecular formula is C24H19BrN2O3. The first-order valence-electron chi connectivity index (χ1n) is 9.35. The zero-order valence-corrected chi connectivity index (χ0v) is 17.8. The average molecular weight is 463 g/mol. The lowest BCUT2D eigenvalue weighted by Gasteiger charge is -2.10. The Labute approximate surface area is 182 Å². The molecule has 0 atom stereocenters. The van der Waals surface area contributed by atoms with Gasteiger partial charge in [-0.25, -0.2) is 5.43 Å². The summed E-state index contributed by atoms with van der Waals surface area (Å²) in [5.74, 6) is 1.05. The van der Waals surface area contributed by atoms with Crippen molar-refractivity contribution < 1.29 is 14.3 Å². The summed E-state index contributed by atoms with van der Waals surface area (Å²) in [6, 6.07) is 23.4. The molecule has 4 rings (SSSR count). The van der Waals surface area contributed by atoms with E-state index in [2.05, 4.69) is 26.5 Å². The molecule has 4 aromatic rings. The van der Waals surface area contributed by atoms with Crippen molar-refractivity contribution in [2.75, 3.05) is 13.7 Å². The van der Waals surface area contributed by atoms with Gasteiger partial charge in [0.2, 0.25) is 0 Å². The maximum Gasteiger partial charge on any atom is 0.277 e. The van der Waals surface area contributed by atoms with Crippen LogP contribution in [-0.4, -0.2) is 25.8 Å². The van der Waals surface area contributed by atoms with Crippen molar-refractivity contribution in [2.45, 2.75) is 0 Å². The van der Waals surface area contributed by atoms with Gasteiger partial charge >= 0.3 is 0 Å². The number of rotatable bonds is 6. The topological polar surface area (TPSA) is 59.9 Å². The van der Waals surface area contributed by atoms with Crippen molar-refractivity contribution in [1.29, 1.82) is 0 Å². The molecule has 0 spiro atoms. The molecule has 0 aromatic heterocycles. The maximum atomic E-state index is 12.2. The number of benzene rings is 4. The Morgan fingerprint density at radius 3 is 2.43 bits per heavy atom. The van der Waals surface area contributed by atoms with Gasteiger partial charge in [-0.1, -0.05) is 54.6 Å². The SMILES string of the molecule is COc1ccc(/C=N/NC(=O)COc2ccc3ccccc3c2Br)c2ccccc12. The fraction of sp³-hybridized carbons (Fsp3) is 0.0833. The molecule has 0 saturated heterocycles. The summed E-state index contributed by atoms with van der Waals surface area (Å²) in [5.41, 5.74) is 3.39. The van der Waals surface area contributed by atoms with Crippen molar-refractivity contribution in [2.24, 2.45) is 5.10 Å². The first kappa shape index (κ1) is 19.9. The highest BCUT2D eigenvalue weighted by atomic mass is 79.9. The molecule has 0 bridgehead atoms. The number of carbonyl (C=O) groups excluding carboxylic acids is 1. The van der Waals surface area contributed by atoms with Gasteiger partial charge in [0.1, 0.15) is 11.5 Å². The Kier molecular flexibility index (Phi) is 5.95. The molecule has 150 valence electrons. The standard InChI is InChI=1S/C24H19BrN2O3/c1-29-21-12-11-17(18-7-4-5-9-20(18)21)14-26-27-23(28)15-30-22-13-10-16-6-2-3-8-19(16)24(22)25/h2-14H,15H2,1H3,(H,27,28)/b26-14+. The van der Waals surface area contributed by atoms with Gasteiger partial charge in [0.15, 0.2) is 6.61 Å². The van der Waals surface area contributed by atoms with E-state index in [4.69, 9.17) is 9.47 Å². The lowest BCUT2D eigenvalue weighted by Crippen LogP contribution is -2.24. The van der Waals surface area contributed by atoms with Gasteiger partial charge < -0.3 is 9.47 Å². The van der Waals surface area contributed by atoms with Crippen molar-refractivity contribution in [3.63, 3.8) is 0 Å². The highest BCUT2D eigenvalue weighted by Gasteiger charge is 2.08. The third-order valence-electron chi connectivity index (χ3n) is 4.72. The minimum atomic E-state index is -0.343. The Balaban J connectivity index is 1.42. The largest absolute Gasteiger partial charge is 0.496 e. The Morgan fingerprint density at radius 2 is 1.63 bits per heavy atom. The summed E-state index contributed by atoms with van der Waals surface area (Å²) in [6.45, 7) is -0.141. The Bertz CT molecular complexity index is 1250. The fourth-order valence-corrected chi connectivity index (χ4v) is 3.87. The Morgan fingerprint density at radius 1 is 0.933 bits per heavy atom. The van der Waals surface area contributed by atoms with E-state index in [0.717, 1.165) is 37.3 Å². The number of ether oxygens (including phenoxy) is 2. The summed E-state index contributed by atoms with van der Waals surface area (Å²) in [6.07, 6.45) is 1.62. The van der Waals surface area contributed by atoms with E-state index in [1.54, 1.807) is 13.3 Å². The number of halogens is 1. The van der Waals surface area contributed by atoms with Gasteiger partial charge in [0.25, 0.3) is 5.91 Å². The molecule has 1 amide bonds. The van der Waals surface area contributed by atoms with Crippen molar-refractivity contribution >= 4 is 49.6 Å². The number of hydrazone groups is 1. The molecule has 0 aliphatic rings. The fourth-order valence-electron chi connectivity index (χ4n) is 3.26. The summed E-state index contributed by atoms with van der Waals surface area (Å²) in [4.78, 5) is 12.2. The number of carbonyl (C=O) groups is 1. The summed E-state index contributed by atoms with van der Waals surface area (Å²) in [7, 11) is 1.64. The molecule has 0 unspecified atom stereocenters. The zero-order valence-electron chi connectivity index (χ0n) is 16.3. The summed E-state index contributed by atoms with van der Waals surface area (Å²) in [5, 5.41) is 8.17. The van der Waals surface area contributed by atoms with Crippen LogP contribution in [-0.2, 0) is 4.79 Å². The Hall–Kier alpha value is -3.38. The van der Waals surface area contributed by atoms with Gasteiger partial charge in [0.05, 0.1) is 17.8 Å². The number of hydrogen-bond acceptors (Lipinski definition) is 4. The van der Waals surface area contributed by atoms with Crippen LogP contribution in [0.2, 0.25) is 0 Å². The molecule has 0 heterocycles. The number of fused-ring (bicyclic) bond motifs is 2. The van der Waals surface area contributed by atoms with Crippen LogP contribution >= 0.6 is 15.9 Å². The molecule has 0 aliphatic carbocycles. The molecular weight excluding hydrogens is 444 g/mol. The van der Waals surface area contributed by atoms with Gasteiger partial charge in [-0.05, 0) is 50.3 Å². The lowest BCUT2D eigenvalue weighted by molar-refractivity contribution is -0.123. The van der Waals surface area contributed by atoms with E-state index >= 15 is 0 Å². The van der Waals surface area contributed by atoms with Gasteiger partial charge in [-0.15, -0.1) is 0 Å². The minimum absolute atomic E-state index is 0.141. The second-order valence-electron chi connectivity index (χ2n) is 6.58. The molecule has 0 fully saturated rings. The van der Waals surface area contributed by atoms with Crippen LogP contribution in [0.15, 0.2) is 82.4 Å². The normalized spacial score (nSPS) is 11.1. The van der Waals surface area contributed by atoms with E-state index in [-0.39, 0.29) is 12.5 Å². The highest BCUT2D eigenvalue weighted by Crippen LogP contribution is 2.33. The first-order valence-corrected chi connectivity index (χ1v) is 10.1. The quantitative estimate of drug-likeness (QED) is 0.312. The summed E-state index contributed by atoms with van der Waals surface area (Å²) < 4.78 is 11.9. The number of amides is 1. The third-order valence-corrected chi connectivity index (χ3v) is 5.54. The molecule has 0 radical (unpaired) electrons. The van der Waals surface area contributed by atoms with E-state index in [0.29, 0.717) is 5.75 Å². The monoisotopic (exact) mass is 462 g/mol. The average Bonchev–Trinajstić information content (AvgIpc) is 2.79. The number of nitrogens with zero attached hydrogens (tertiary/aromatic N) is 1. The molecule has 5 nitrogen and oxygen atoms in total. The maximum absolute atomic E-state index is 12.2. The van der Waals surface area contributed by atoms with Gasteiger partial charge in [-0.2, -0.15) is 5.10 Å². The second-order valence-corrected chi connectivity index (χ2v) is 7.38. The number of nitrogens with one attached hydrogen (secondary N) is 1. The van der Waals surface area contributed by atoms with Crippen LogP contribution in [0.1, 0.15) is 5.56 Å². The van der Waals surface area contributed by atoms with Crippen LogP contribution in [0.5, 0.6) is 11.5 Å². The predicted molar refractivity (Wildman–Crippen MR) is 123 cm³/mol. The molecule has 0 aliphatic heterocycles. The predicted octanol–water partition coefficient (Wildman–Crippen LogP) is 5.29. The van der Waals surface area contributed by atoms with E-state index in [1.165, 1.54) is 0 Å². The molecule has 6 heteroatoms. The highest BCUT2D eigenvalue weighted by molar-refractivity contribution is 9.10. The minimum Gasteiger partial charge on any atom is -0.496 e. The third kappa shape index (κ3) is 4.14. The molecule has 4 aromatic carbocycles. The van der Waals surface area contributed by atoms with Crippen molar-refractivity contribution in [3.05, 3.63) is 82.8 Å². The van der Waals surface area contributed by atoms with Gasteiger partial charge in [0, 0.05) is 10.9 Å². The molecule has 0 saturated carbocycles. The lowest BCUT2D eigenvalue weighted by atomic mass is 10.0. The van der Waals surface area contributed by atoms with E-state index in [9.17, 15) is 4.79 Å². The zero-order chi connectivity index (χ0) is 20.9. The number of methoxy groups -OCH3 is 1. The van der Waals surface area contributed by atoms with E-state index < -0.39 is 0 Å². The summed E-state index contributed by atoms with van der Waals surface area (Å²) >= 11 is 3.55. The van der Waals surface area contributed by atoms with Crippen LogP contribution in [0.3, 0.4) is 0 Å².